The summed E-state index contributed by atoms with van der Waals surface area (Å²) in [5.74, 6) is 0. The van der Waals surface area contributed by atoms with Crippen LogP contribution in [-0.4, -0.2) is 0 Å². The molecule has 10 rings (SSSR count). The number of anilines is 3. The van der Waals surface area contributed by atoms with Crippen molar-refractivity contribution in [2.24, 2.45) is 0 Å². The van der Waals surface area contributed by atoms with Crippen LogP contribution in [0.25, 0.3) is 0 Å². The number of para-hydroxylation sites is 2. The zero-order valence-corrected chi connectivity index (χ0v) is 30.4. The Kier molecular flexibility index (Phi) is 6.59. The van der Waals surface area contributed by atoms with E-state index < -0.39 is 11.5 Å². The highest BCUT2D eigenvalue weighted by atomic mass is 32.4. The molecule has 3 aliphatic rings. The molecular weight excluding hydrogens is 662 g/mol. The van der Waals surface area contributed by atoms with Gasteiger partial charge in [0.05, 0.1) is 16.8 Å². The Bertz CT molecular complexity index is 2460. The van der Waals surface area contributed by atoms with Gasteiger partial charge in [0.2, 0.25) is 0 Å². The van der Waals surface area contributed by atoms with Crippen molar-refractivity contribution in [2.45, 2.75) is 34.5 Å². The van der Waals surface area contributed by atoms with E-state index in [4.69, 9.17) is 11.8 Å². The second-order valence-corrected chi connectivity index (χ2v) is 19.4. The third kappa shape index (κ3) is 3.89. The van der Waals surface area contributed by atoms with Crippen molar-refractivity contribution < 1.29 is 0 Å². The highest BCUT2D eigenvalue weighted by Gasteiger charge is 2.50. The number of hydrogen-bond acceptors (Lipinski definition) is 3. The highest BCUT2D eigenvalue weighted by Crippen LogP contribution is 2.63. The molecular formula is C46H34NPS2. The fraction of sp³-hybridized carbons (Fsp3) is 0.0870. The van der Waals surface area contributed by atoms with Crippen LogP contribution in [0.2, 0.25) is 0 Å². The van der Waals surface area contributed by atoms with E-state index in [0.29, 0.717) is 0 Å². The van der Waals surface area contributed by atoms with Gasteiger partial charge in [-0.2, -0.15) is 0 Å². The second-order valence-electron chi connectivity index (χ2n) is 14.0. The fourth-order valence-corrected chi connectivity index (χ4v) is 14.9. The molecule has 0 N–H and O–H groups in total. The summed E-state index contributed by atoms with van der Waals surface area (Å²) in [6, 6.07) is 60.8. The molecule has 0 radical (unpaired) electrons. The standard InChI is InChI=1S/C46H34NPS2/c1-45(2)35-20-8-13-25-41(35)48(49,32-16-4-3-5-17-32)42-29-28-31(30-38(42)45)47-39-23-11-6-18-33(39)46(34-19-7-12-24-40(34)47)36-21-9-14-26-43(36)50-44-27-15-10-22-37(44)46/h3-30H,1-2H3. The zero-order chi connectivity index (χ0) is 33.7. The summed E-state index contributed by atoms with van der Waals surface area (Å²) in [5, 5.41) is 3.86. The van der Waals surface area contributed by atoms with E-state index in [1.54, 1.807) is 0 Å². The molecule has 240 valence electrons. The van der Waals surface area contributed by atoms with Crippen molar-refractivity contribution >= 4 is 62.6 Å². The first-order valence-corrected chi connectivity index (χ1v) is 20.8. The Balaban J connectivity index is 1.26. The summed E-state index contributed by atoms with van der Waals surface area (Å²) in [5.41, 5.74) is 10.8. The first kappa shape index (κ1) is 30.2. The molecule has 3 heterocycles. The molecule has 7 aromatic carbocycles. The number of nitrogens with zero attached hydrogens (tertiary/aromatic N) is 1. The van der Waals surface area contributed by atoms with Gasteiger partial charge in [0, 0.05) is 26.9 Å². The summed E-state index contributed by atoms with van der Waals surface area (Å²) in [4.78, 5) is 5.13. The third-order valence-electron chi connectivity index (χ3n) is 11.2. The minimum atomic E-state index is -2.31. The zero-order valence-electron chi connectivity index (χ0n) is 27.9. The lowest BCUT2D eigenvalue weighted by atomic mass is 9.62. The molecule has 1 atom stereocenters. The molecule has 7 aromatic rings. The molecule has 1 spiro atoms. The van der Waals surface area contributed by atoms with E-state index >= 15 is 0 Å². The molecule has 4 heteroatoms. The van der Waals surface area contributed by atoms with Crippen molar-refractivity contribution in [3.63, 3.8) is 0 Å². The summed E-state index contributed by atoms with van der Waals surface area (Å²) >= 11 is 8.79. The van der Waals surface area contributed by atoms with Crippen LogP contribution < -0.4 is 20.8 Å². The van der Waals surface area contributed by atoms with Crippen LogP contribution in [0.5, 0.6) is 0 Å². The predicted octanol–water partition coefficient (Wildman–Crippen LogP) is 10.7. The molecule has 0 aromatic heterocycles. The maximum atomic E-state index is 6.91. The van der Waals surface area contributed by atoms with Gasteiger partial charge in [-0.1, -0.05) is 171 Å². The van der Waals surface area contributed by atoms with Crippen molar-refractivity contribution in [2.75, 3.05) is 4.90 Å². The number of hydrogen-bond donors (Lipinski definition) is 0. The number of fused-ring (bicyclic) bond motifs is 10. The van der Waals surface area contributed by atoms with Gasteiger partial charge in [-0.25, -0.2) is 0 Å². The predicted molar refractivity (Wildman–Crippen MR) is 215 cm³/mol. The summed E-state index contributed by atoms with van der Waals surface area (Å²) in [6.45, 7) is 4.75. The largest absolute Gasteiger partial charge is 0.310 e. The lowest BCUT2D eigenvalue weighted by molar-refractivity contribution is 0.647. The number of rotatable bonds is 2. The Morgan fingerprint density at radius 2 is 0.960 bits per heavy atom. The van der Waals surface area contributed by atoms with Gasteiger partial charge in [0.1, 0.15) is 0 Å². The highest BCUT2D eigenvalue weighted by molar-refractivity contribution is 8.25. The van der Waals surface area contributed by atoms with Crippen LogP contribution in [0.4, 0.5) is 17.1 Å². The Morgan fingerprint density at radius 3 is 1.58 bits per heavy atom. The van der Waals surface area contributed by atoms with Gasteiger partial charge in [0.15, 0.2) is 0 Å². The van der Waals surface area contributed by atoms with Crippen molar-refractivity contribution in [3.8, 4) is 0 Å². The van der Waals surface area contributed by atoms with Crippen LogP contribution in [0.3, 0.4) is 0 Å². The van der Waals surface area contributed by atoms with E-state index in [1.165, 1.54) is 70.5 Å². The number of benzene rings is 7. The monoisotopic (exact) mass is 695 g/mol. The maximum absolute atomic E-state index is 6.91. The molecule has 0 bridgehead atoms. The topological polar surface area (TPSA) is 3.24 Å². The van der Waals surface area contributed by atoms with Gasteiger partial charge in [0.25, 0.3) is 0 Å². The Hall–Kier alpha value is -4.66. The minimum absolute atomic E-state index is 0.229. The average Bonchev–Trinajstić information content (AvgIpc) is 3.17. The molecule has 0 saturated carbocycles. The SMILES string of the molecule is CC1(C)c2ccccc2P(=S)(c2ccccc2)c2ccc(N3c4ccccc4C4(c5ccccc5Sc5ccccc54)c4ccccc43)cc21. The van der Waals surface area contributed by atoms with Gasteiger partial charge < -0.3 is 4.90 Å². The quantitative estimate of drug-likeness (QED) is 0.166. The van der Waals surface area contributed by atoms with Crippen molar-refractivity contribution in [3.05, 3.63) is 203 Å². The van der Waals surface area contributed by atoms with Crippen LogP contribution in [0, 0.1) is 0 Å². The molecule has 0 amide bonds. The van der Waals surface area contributed by atoms with E-state index in [2.05, 4.69) is 189 Å². The maximum Gasteiger partial charge on any atom is 0.0764 e. The van der Waals surface area contributed by atoms with Crippen molar-refractivity contribution in [1.29, 1.82) is 0 Å². The molecule has 3 aliphatic heterocycles. The molecule has 50 heavy (non-hydrogen) atoms. The molecule has 1 unspecified atom stereocenters. The molecule has 1 nitrogen and oxygen atoms in total. The fourth-order valence-electron chi connectivity index (χ4n) is 9.01. The normalized spacial score (nSPS) is 18.6. The van der Waals surface area contributed by atoms with E-state index in [-0.39, 0.29) is 5.41 Å². The summed E-state index contributed by atoms with van der Waals surface area (Å²) < 4.78 is 0. The van der Waals surface area contributed by atoms with Gasteiger partial charge in [-0.05, 0) is 85.7 Å². The van der Waals surface area contributed by atoms with Gasteiger partial charge >= 0.3 is 0 Å². The van der Waals surface area contributed by atoms with Gasteiger partial charge in [-0.15, -0.1) is 0 Å². The summed E-state index contributed by atoms with van der Waals surface area (Å²) in [6.07, 6.45) is 0. The van der Waals surface area contributed by atoms with E-state index in [0.717, 1.165) is 5.69 Å². The smallest absolute Gasteiger partial charge is 0.0764 e. The minimum Gasteiger partial charge on any atom is -0.310 e. The third-order valence-corrected chi connectivity index (χ3v) is 17.3. The van der Waals surface area contributed by atoms with Crippen LogP contribution in [0.15, 0.2) is 180 Å². The first-order chi connectivity index (χ1) is 24.4. The van der Waals surface area contributed by atoms with E-state index in [1.807, 2.05) is 11.8 Å². The van der Waals surface area contributed by atoms with Crippen LogP contribution in [-0.2, 0) is 22.6 Å². The second kappa shape index (κ2) is 10.9. The first-order valence-electron chi connectivity index (χ1n) is 17.2. The average molecular weight is 696 g/mol. The van der Waals surface area contributed by atoms with E-state index in [9.17, 15) is 0 Å². The Morgan fingerprint density at radius 1 is 0.480 bits per heavy atom. The molecule has 0 saturated heterocycles. The van der Waals surface area contributed by atoms with Crippen LogP contribution >= 0.6 is 17.8 Å². The van der Waals surface area contributed by atoms with Gasteiger partial charge in [-0.3, -0.25) is 0 Å². The molecule has 0 fully saturated rings. The lowest BCUT2D eigenvalue weighted by Crippen LogP contribution is -2.42. The molecule has 0 aliphatic carbocycles. The lowest BCUT2D eigenvalue weighted by Gasteiger charge is -2.49. The van der Waals surface area contributed by atoms with Crippen LogP contribution in [0.1, 0.15) is 47.2 Å². The summed E-state index contributed by atoms with van der Waals surface area (Å²) in [7, 11) is 0. The van der Waals surface area contributed by atoms with Crippen molar-refractivity contribution in [1.82, 2.24) is 0 Å². The Labute approximate surface area is 303 Å².